The molecule has 0 bridgehead atoms. The Labute approximate surface area is 163 Å². The van der Waals surface area contributed by atoms with Gasteiger partial charge in [0.1, 0.15) is 12.4 Å². The standard InChI is InChI=1S/C22H23N3O3/c1-13-6-15(16-9-23-19(24-10-16)8-22(3)4-5-22)7-17-18(14(2)26)11-25(21(13)17)12-20(27)28/h6-7,9-11H,4-5,8,12H2,1-3H3,(H,27,28). The third-order valence-electron chi connectivity index (χ3n) is 5.57. The van der Waals surface area contributed by atoms with Crippen molar-refractivity contribution in [2.45, 2.75) is 46.6 Å². The highest BCUT2D eigenvalue weighted by Gasteiger charge is 2.37. The zero-order valence-corrected chi connectivity index (χ0v) is 16.3. The van der Waals surface area contributed by atoms with Crippen LogP contribution >= 0.6 is 0 Å². The molecule has 0 atom stereocenters. The number of Topliss-reactive ketones (excluding diaryl/α,β-unsaturated/α-hetero) is 1. The second-order valence-corrected chi connectivity index (χ2v) is 8.19. The van der Waals surface area contributed by atoms with E-state index in [1.165, 1.54) is 19.8 Å². The van der Waals surface area contributed by atoms with Gasteiger partial charge in [0.05, 0.1) is 5.52 Å². The van der Waals surface area contributed by atoms with Gasteiger partial charge in [-0.05, 0) is 55.4 Å². The normalized spacial score (nSPS) is 15.0. The molecular weight excluding hydrogens is 354 g/mol. The van der Waals surface area contributed by atoms with Crippen LogP contribution in [-0.2, 0) is 17.8 Å². The largest absolute Gasteiger partial charge is 0.480 e. The van der Waals surface area contributed by atoms with Gasteiger partial charge in [-0.3, -0.25) is 9.59 Å². The predicted molar refractivity (Wildman–Crippen MR) is 106 cm³/mol. The maximum absolute atomic E-state index is 12.1. The maximum atomic E-state index is 12.1. The third kappa shape index (κ3) is 3.42. The molecule has 0 amide bonds. The molecule has 3 aromatic rings. The number of aryl methyl sites for hydroxylation is 1. The van der Waals surface area contributed by atoms with Gasteiger partial charge >= 0.3 is 5.97 Å². The Bertz CT molecular complexity index is 1090. The first-order valence-corrected chi connectivity index (χ1v) is 9.43. The fraction of sp³-hybridized carbons (Fsp3) is 0.364. The molecule has 6 heteroatoms. The van der Waals surface area contributed by atoms with E-state index in [9.17, 15) is 14.7 Å². The van der Waals surface area contributed by atoms with Gasteiger partial charge in [0.2, 0.25) is 0 Å². The van der Waals surface area contributed by atoms with Crippen molar-refractivity contribution in [2.75, 3.05) is 0 Å². The lowest BCUT2D eigenvalue weighted by atomic mass is 10.00. The molecule has 1 N–H and O–H groups in total. The number of ketones is 1. The fourth-order valence-corrected chi connectivity index (χ4v) is 3.74. The van der Waals surface area contributed by atoms with Crippen LogP contribution in [0.4, 0.5) is 0 Å². The number of nitrogens with zero attached hydrogens (tertiary/aromatic N) is 3. The highest BCUT2D eigenvalue weighted by atomic mass is 16.4. The molecule has 0 aliphatic heterocycles. The first kappa shape index (κ1) is 18.3. The number of hydrogen-bond acceptors (Lipinski definition) is 4. The number of carbonyl (C=O) groups is 2. The summed E-state index contributed by atoms with van der Waals surface area (Å²) >= 11 is 0. The average Bonchev–Trinajstić information content (AvgIpc) is 3.22. The number of benzene rings is 1. The first-order valence-electron chi connectivity index (χ1n) is 9.43. The molecule has 28 heavy (non-hydrogen) atoms. The highest BCUT2D eigenvalue weighted by Crippen LogP contribution is 2.47. The van der Waals surface area contributed by atoms with Crippen LogP contribution in [0.25, 0.3) is 22.0 Å². The van der Waals surface area contributed by atoms with Crippen molar-refractivity contribution in [3.63, 3.8) is 0 Å². The average molecular weight is 377 g/mol. The number of carbonyl (C=O) groups excluding carboxylic acids is 1. The summed E-state index contributed by atoms with van der Waals surface area (Å²) in [7, 11) is 0. The molecule has 2 aromatic heterocycles. The van der Waals surface area contributed by atoms with E-state index in [0.29, 0.717) is 11.0 Å². The molecular formula is C22H23N3O3. The molecule has 1 saturated carbocycles. The van der Waals surface area contributed by atoms with Crippen molar-refractivity contribution in [1.29, 1.82) is 0 Å². The van der Waals surface area contributed by atoms with Crippen LogP contribution in [0.15, 0.2) is 30.7 Å². The maximum Gasteiger partial charge on any atom is 0.323 e. The van der Waals surface area contributed by atoms with E-state index >= 15 is 0 Å². The first-order chi connectivity index (χ1) is 13.3. The lowest BCUT2D eigenvalue weighted by Gasteiger charge is -2.10. The molecule has 0 radical (unpaired) electrons. The minimum Gasteiger partial charge on any atom is -0.480 e. The van der Waals surface area contributed by atoms with E-state index in [1.54, 1.807) is 10.8 Å². The zero-order valence-electron chi connectivity index (χ0n) is 16.3. The van der Waals surface area contributed by atoms with Crippen molar-refractivity contribution in [1.82, 2.24) is 14.5 Å². The monoisotopic (exact) mass is 377 g/mol. The van der Waals surface area contributed by atoms with Crippen LogP contribution in [0.3, 0.4) is 0 Å². The van der Waals surface area contributed by atoms with Gasteiger partial charge in [-0.1, -0.05) is 6.92 Å². The Hall–Kier alpha value is -3.02. The molecule has 1 aromatic carbocycles. The van der Waals surface area contributed by atoms with Crippen LogP contribution < -0.4 is 0 Å². The number of carboxylic acid groups (broad SMARTS) is 1. The van der Waals surface area contributed by atoms with E-state index < -0.39 is 5.97 Å². The number of carboxylic acids is 1. The Kier molecular flexibility index (Phi) is 4.29. The predicted octanol–water partition coefficient (Wildman–Crippen LogP) is 4.04. The van der Waals surface area contributed by atoms with Crippen molar-refractivity contribution in [3.8, 4) is 11.1 Å². The van der Waals surface area contributed by atoms with Crippen LogP contribution in [-0.4, -0.2) is 31.4 Å². The molecule has 0 unspecified atom stereocenters. The van der Waals surface area contributed by atoms with Gasteiger partial charge < -0.3 is 9.67 Å². The van der Waals surface area contributed by atoms with Gasteiger partial charge in [-0.2, -0.15) is 0 Å². The Morgan fingerprint density at radius 3 is 2.43 bits per heavy atom. The molecule has 144 valence electrons. The lowest BCUT2D eigenvalue weighted by Crippen LogP contribution is -2.08. The summed E-state index contributed by atoms with van der Waals surface area (Å²) < 4.78 is 1.63. The Morgan fingerprint density at radius 1 is 1.18 bits per heavy atom. The molecule has 1 fully saturated rings. The molecule has 6 nitrogen and oxygen atoms in total. The minimum absolute atomic E-state index is 0.0880. The van der Waals surface area contributed by atoms with Crippen LogP contribution in [0, 0.1) is 12.3 Å². The summed E-state index contributed by atoms with van der Waals surface area (Å²) in [6.45, 7) is 5.50. The smallest absolute Gasteiger partial charge is 0.323 e. The van der Waals surface area contributed by atoms with Crippen molar-refractivity contribution < 1.29 is 14.7 Å². The van der Waals surface area contributed by atoms with Gasteiger partial charge in [-0.25, -0.2) is 9.97 Å². The van der Waals surface area contributed by atoms with Gasteiger partial charge in [0.25, 0.3) is 0 Å². The summed E-state index contributed by atoms with van der Waals surface area (Å²) in [5, 5.41) is 9.95. The quantitative estimate of drug-likeness (QED) is 0.656. The second kappa shape index (κ2) is 6.55. The van der Waals surface area contributed by atoms with E-state index in [2.05, 4.69) is 16.9 Å². The van der Waals surface area contributed by atoms with E-state index in [0.717, 1.165) is 39.8 Å². The van der Waals surface area contributed by atoms with Gasteiger partial charge in [0.15, 0.2) is 5.78 Å². The number of fused-ring (bicyclic) bond motifs is 1. The second-order valence-electron chi connectivity index (χ2n) is 8.19. The van der Waals surface area contributed by atoms with Crippen LogP contribution in [0.1, 0.15) is 48.4 Å². The topological polar surface area (TPSA) is 85.1 Å². The molecule has 2 heterocycles. The van der Waals surface area contributed by atoms with E-state index in [1.807, 2.05) is 31.5 Å². The van der Waals surface area contributed by atoms with Crippen LogP contribution in [0.2, 0.25) is 0 Å². The number of hydrogen-bond donors (Lipinski definition) is 1. The summed E-state index contributed by atoms with van der Waals surface area (Å²) in [4.78, 5) is 32.4. The van der Waals surface area contributed by atoms with Gasteiger partial charge in [0, 0.05) is 41.5 Å². The number of rotatable bonds is 6. The third-order valence-corrected chi connectivity index (χ3v) is 5.57. The molecule has 1 aliphatic carbocycles. The molecule has 4 rings (SSSR count). The van der Waals surface area contributed by atoms with Gasteiger partial charge in [-0.15, -0.1) is 0 Å². The van der Waals surface area contributed by atoms with Crippen LogP contribution in [0.5, 0.6) is 0 Å². The Balaban J connectivity index is 1.76. The molecule has 0 saturated heterocycles. The summed E-state index contributed by atoms with van der Waals surface area (Å²) in [6, 6.07) is 3.92. The summed E-state index contributed by atoms with van der Waals surface area (Å²) in [5.74, 6) is -0.169. The van der Waals surface area contributed by atoms with E-state index in [4.69, 9.17) is 0 Å². The number of aromatic nitrogens is 3. The summed E-state index contributed by atoms with van der Waals surface area (Å²) in [6.07, 6.45) is 8.66. The lowest BCUT2D eigenvalue weighted by molar-refractivity contribution is -0.137. The molecule has 0 spiro atoms. The van der Waals surface area contributed by atoms with Crippen molar-refractivity contribution >= 4 is 22.7 Å². The highest BCUT2D eigenvalue weighted by molar-refractivity contribution is 6.08. The molecule has 1 aliphatic rings. The number of aliphatic carboxylic acids is 1. The fourth-order valence-electron chi connectivity index (χ4n) is 3.74. The van der Waals surface area contributed by atoms with E-state index in [-0.39, 0.29) is 12.3 Å². The Morgan fingerprint density at radius 2 is 1.86 bits per heavy atom. The minimum atomic E-state index is -0.941. The van der Waals surface area contributed by atoms with Crippen molar-refractivity contribution in [2.24, 2.45) is 5.41 Å². The SMILES string of the molecule is CC(=O)c1cn(CC(=O)O)c2c(C)cc(-c3cnc(CC4(C)CC4)nc3)cc12. The van der Waals surface area contributed by atoms with Crippen molar-refractivity contribution in [3.05, 3.63) is 47.7 Å². The zero-order chi connectivity index (χ0) is 20.1. The summed E-state index contributed by atoms with van der Waals surface area (Å²) in [5.41, 5.74) is 4.38.